The number of rotatable bonds is 4. The zero-order valence-electron chi connectivity index (χ0n) is 13.2. The maximum Gasteiger partial charge on any atom is 0.262 e. The molecule has 0 aliphatic heterocycles. The van der Waals surface area contributed by atoms with E-state index < -0.39 is 0 Å². The van der Waals surface area contributed by atoms with Crippen LogP contribution < -0.4 is 5.32 Å². The van der Waals surface area contributed by atoms with Crippen molar-refractivity contribution in [2.75, 3.05) is 6.54 Å². The summed E-state index contributed by atoms with van der Waals surface area (Å²) < 4.78 is 0. The van der Waals surface area contributed by atoms with Gasteiger partial charge in [-0.2, -0.15) is 0 Å². The van der Waals surface area contributed by atoms with Gasteiger partial charge in [-0.05, 0) is 86.0 Å². The van der Waals surface area contributed by atoms with E-state index in [9.17, 15) is 4.79 Å². The fourth-order valence-corrected chi connectivity index (χ4v) is 6.90. The molecule has 1 heterocycles. The second-order valence-corrected chi connectivity index (χ2v) is 9.24. The van der Waals surface area contributed by atoms with E-state index in [0.717, 1.165) is 36.3 Å². The highest BCUT2D eigenvalue weighted by molar-refractivity contribution is 7.13. The van der Waals surface area contributed by atoms with E-state index in [0.29, 0.717) is 15.3 Å². The molecule has 4 heteroatoms. The molecular weight excluding hydrogens is 314 g/mol. The Morgan fingerprint density at radius 1 is 1.27 bits per heavy atom. The number of amides is 1. The number of aryl methyl sites for hydroxylation is 1. The van der Waals surface area contributed by atoms with Crippen LogP contribution >= 0.6 is 22.9 Å². The summed E-state index contributed by atoms with van der Waals surface area (Å²) in [6.45, 7) is 2.75. The van der Waals surface area contributed by atoms with Gasteiger partial charge in [0.15, 0.2) is 0 Å². The number of thiophene rings is 1. The van der Waals surface area contributed by atoms with Gasteiger partial charge >= 0.3 is 0 Å². The van der Waals surface area contributed by atoms with Gasteiger partial charge in [0, 0.05) is 6.54 Å². The van der Waals surface area contributed by atoms with Crippen LogP contribution in [0.25, 0.3) is 0 Å². The van der Waals surface area contributed by atoms with Crippen molar-refractivity contribution < 1.29 is 4.79 Å². The standard InChI is InChI=1S/C18H24ClNOS/c1-11-10-22-16(15(11)19)17(21)20-3-2-18-7-12-4-13(8-18)6-14(5-12)9-18/h10,12-14H,2-9H2,1H3,(H,20,21). The SMILES string of the molecule is Cc1csc(C(=O)NCCC23CC4CC(CC(C4)C2)C3)c1Cl. The summed E-state index contributed by atoms with van der Waals surface area (Å²) in [6.07, 6.45) is 9.83. The van der Waals surface area contributed by atoms with Crippen LogP contribution in [0.3, 0.4) is 0 Å². The molecule has 4 aliphatic carbocycles. The maximum absolute atomic E-state index is 12.3. The van der Waals surface area contributed by atoms with E-state index in [-0.39, 0.29) is 5.91 Å². The first-order valence-corrected chi connectivity index (χ1v) is 9.82. The highest BCUT2D eigenvalue weighted by Crippen LogP contribution is 2.61. The van der Waals surface area contributed by atoms with Gasteiger partial charge in [0.05, 0.1) is 5.02 Å². The molecule has 0 unspecified atom stereocenters. The van der Waals surface area contributed by atoms with Crippen LogP contribution in [0.4, 0.5) is 0 Å². The van der Waals surface area contributed by atoms with Crippen LogP contribution in [0.15, 0.2) is 5.38 Å². The Labute approximate surface area is 141 Å². The van der Waals surface area contributed by atoms with Gasteiger partial charge in [-0.15, -0.1) is 11.3 Å². The summed E-state index contributed by atoms with van der Waals surface area (Å²) in [4.78, 5) is 13.0. The fraction of sp³-hybridized carbons (Fsp3) is 0.722. The Bertz CT molecular complexity index is 559. The third-order valence-corrected chi connectivity index (χ3v) is 7.91. The van der Waals surface area contributed by atoms with Crippen molar-refractivity contribution in [3.63, 3.8) is 0 Å². The summed E-state index contributed by atoms with van der Waals surface area (Å²) in [5.41, 5.74) is 1.54. The van der Waals surface area contributed by atoms with Gasteiger partial charge < -0.3 is 5.32 Å². The molecule has 0 saturated heterocycles. The zero-order valence-corrected chi connectivity index (χ0v) is 14.7. The largest absolute Gasteiger partial charge is 0.351 e. The lowest BCUT2D eigenvalue weighted by atomic mass is 9.49. The van der Waals surface area contributed by atoms with Crippen molar-refractivity contribution in [3.8, 4) is 0 Å². The number of nitrogens with one attached hydrogen (secondary N) is 1. The molecule has 5 rings (SSSR count). The van der Waals surface area contributed by atoms with Crippen LogP contribution in [-0.2, 0) is 0 Å². The van der Waals surface area contributed by atoms with E-state index in [1.54, 1.807) is 0 Å². The highest BCUT2D eigenvalue weighted by Gasteiger charge is 2.50. The molecule has 4 saturated carbocycles. The van der Waals surface area contributed by atoms with E-state index in [1.807, 2.05) is 12.3 Å². The summed E-state index contributed by atoms with van der Waals surface area (Å²) in [6, 6.07) is 0. The van der Waals surface area contributed by atoms with Crippen LogP contribution in [0.2, 0.25) is 5.02 Å². The lowest BCUT2D eigenvalue weighted by Crippen LogP contribution is -2.47. The minimum atomic E-state index is 0.00725. The molecule has 4 bridgehead atoms. The smallest absolute Gasteiger partial charge is 0.262 e. The van der Waals surface area contributed by atoms with Crippen molar-refractivity contribution in [2.24, 2.45) is 23.2 Å². The maximum atomic E-state index is 12.3. The molecule has 1 N–H and O–H groups in total. The number of carbonyl (C=O) groups excluding carboxylic acids is 1. The molecule has 120 valence electrons. The van der Waals surface area contributed by atoms with Gasteiger partial charge in [0.25, 0.3) is 5.91 Å². The van der Waals surface area contributed by atoms with Gasteiger partial charge in [0.1, 0.15) is 4.88 Å². The molecule has 22 heavy (non-hydrogen) atoms. The average molecular weight is 338 g/mol. The Kier molecular flexibility index (Phi) is 3.77. The van der Waals surface area contributed by atoms with E-state index in [4.69, 9.17) is 11.6 Å². The van der Waals surface area contributed by atoms with Gasteiger partial charge in [-0.1, -0.05) is 11.6 Å². The van der Waals surface area contributed by atoms with Gasteiger partial charge in [-0.3, -0.25) is 4.79 Å². The Morgan fingerprint density at radius 3 is 2.36 bits per heavy atom. The molecule has 1 aromatic heterocycles. The molecule has 0 atom stereocenters. The number of hydrogen-bond donors (Lipinski definition) is 1. The Morgan fingerprint density at radius 2 is 1.86 bits per heavy atom. The third kappa shape index (κ3) is 2.60. The molecule has 4 aliphatic rings. The molecule has 0 spiro atoms. The third-order valence-electron chi connectivity index (χ3n) is 6.21. The van der Waals surface area contributed by atoms with Crippen molar-refractivity contribution in [3.05, 3.63) is 20.8 Å². The molecule has 0 aromatic carbocycles. The number of hydrogen-bond acceptors (Lipinski definition) is 2. The van der Waals surface area contributed by atoms with E-state index in [1.165, 1.54) is 49.9 Å². The zero-order chi connectivity index (χ0) is 15.3. The first kappa shape index (κ1) is 15.0. The Hall–Kier alpha value is -0.540. The molecule has 2 nitrogen and oxygen atoms in total. The van der Waals surface area contributed by atoms with Gasteiger partial charge in [0.2, 0.25) is 0 Å². The normalized spacial score (nSPS) is 35.8. The minimum absolute atomic E-state index is 0.00725. The van der Waals surface area contributed by atoms with Crippen LogP contribution in [0, 0.1) is 30.1 Å². The van der Waals surface area contributed by atoms with Crippen LogP contribution in [0.1, 0.15) is 60.2 Å². The second-order valence-electron chi connectivity index (χ2n) is 7.99. The lowest BCUT2D eigenvalue weighted by molar-refractivity contribution is -0.0564. The van der Waals surface area contributed by atoms with Gasteiger partial charge in [-0.25, -0.2) is 0 Å². The molecule has 1 amide bonds. The van der Waals surface area contributed by atoms with Crippen molar-refractivity contribution in [1.29, 1.82) is 0 Å². The van der Waals surface area contributed by atoms with Crippen molar-refractivity contribution >= 4 is 28.8 Å². The predicted octanol–water partition coefficient (Wildman–Crippen LogP) is 5.05. The number of carbonyl (C=O) groups is 1. The average Bonchev–Trinajstić information content (AvgIpc) is 2.77. The first-order valence-electron chi connectivity index (χ1n) is 8.56. The first-order chi connectivity index (χ1) is 10.5. The van der Waals surface area contributed by atoms with Crippen molar-refractivity contribution in [2.45, 2.75) is 51.9 Å². The molecular formula is C18H24ClNOS. The van der Waals surface area contributed by atoms with Crippen LogP contribution in [-0.4, -0.2) is 12.5 Å². The summed E-state index contributed by atoms with van der Waals surface area (Å²) in [5.74, 6) is 2.96. The lowest BCUT2D eigenvalue weighted by Gasteiger charge is -2.57. The summed E-state index contributed by atoms with van der Waals surface area (Å²) >= 11 is 7.64. The molecule has 0 radical (unpaired) electrons. The quantitative estimate of drug-likeness (QED) is 0.818. The summed E-state index contributed by atoms with van der Waals surface area (Å²) in [5, 5.41) is 5.69. The van der Waals surface area contributed by atoms with E-state index in [2.05, 4.69) is 5.32 Å². The Balaban J connectivity index is 1.35. The van der Waals surface area contributed by atoms with Crippen molar-refractivity contribution in [1.82, 2.24) is 5.32 Å². The predicted molar refractivity (Wildman–Crippen MR) is 91.6 cm³/mol. The molecule has 4 fully saturated rings. The summed E-state index contributed by atoms with van der Waals surface area (Å²) in [7, 11) is 0. The van der Waals surface area contributed by atoms with E-state index >= 15 is 0 Å². The minimum Gasteiger partial charge on any atom is -0.351 e. The fourth-order valence-electron chi connectivity index (χ4n) is 5.70. The monoisotopic (exact) mass is 337 g/mol. The second kappa shape index (κ2) is 5.52. The number of halogens is 1. The highest BCUT2D eigenvalue weighted by atomic mass is 35.5. The molecule has 1 aromatic rings. The van der Waals surface area contributed by atoms with Crippen LogP contribution in [0.5, 0.6) is 0 Å². The topological polar surface area (TPSA) is 29.1 Å².